The molecule has 0 aromatic carbocycles. The van der Waals surface area contributed by atoms with E-state index in [0.29, 0.717) is 11.8 Å². The highest BCUT2D eigenvalue weighted by molar-refractivity contribution is 5.49. The molecule has 1 atom stereocenters. The summed E-state index contributed by atoms with van der Waals surface area (Å²) in [6, 6.07) is 2.03. The maximum absolute atomic E-state index is 10.6. The lowest BCUT2D eigenvalue weighted by molar-refractivity contribution is -0.118. The second kappa shape index (κ2) is 5.42. The third-order valence-electron chi connectivity index (χ3n) is 3.75. The highest BCUT2D eigenvalue weighted by Gasteiger charge is 2.21. The second-order valence-electron chi connectivity index (χ2n) is 5.25. The predicted molar refractivity (Wildman–Crippen MR) is 69.6 cm³/mol. The van der Waals surface area contributed by atoms with Crippen molar-refractivity contribution in [3.8, 4) is 0 Å². The Morgan fingerprint density at radius 2 is 1.94 bits per heavy atom. The lowest BCUT2D eigenvalue weighted by atomic mass is 9.96. The van der Waals surface area contributed by atoms with Crippen molar-refractivity contribution < 1.29 is 9.32 Å². The number of nitrogens with zero attached hydrogens (tertiary/aromatic N) is 3. The molecule has 2 heterocycles. The van der Waals surface area contributed by atoms with Crippen molar-refractivity contribution in [2.45, 2.75) is 26.7 Å². The van der Waals surface area contributed by atoms with Gasteiger partial charge in [-0.25, -0.2) is 0 Å². The molecule has 0 N–H and O–H groups in total. The van der Waals surface area contributed by atoms with Gasteiger partial charge in [0.25, 0.3) is 0 Å². The lowest BCUT2D eigenvalue weighted by Gasteiger charge is -2.32. The largest absolute Gasteiger partial charge is 0.359 e. The number of rotatable bonds is 4. The topological polar surface area (TPSA) is 49.6 Å². The van der Waals surface area contributed by atoms with Gasteiger partial charge in [0.05, 0.1) is 0 Å². The summed E-state index contributed by atoms with van der Waals surface area (Å²) < 4.78 is 5.42. The van der Waals surface area contributed by atoms with Crippen molar-refractivity contribution in [2.24, 2.45) is 5.92 Å². The molecule has 2 rings (SSSR count). The van der Waals surface area contributed by atoms with Crippen molar-refractivity contribution in [3.05, 3.63) is 11.8 Å². The molecule has 0 radical (unpaired) electrons. The Balaban J connectivity index is 2.00. The highest BCUT2D eigenvalue weighted by Crippen LogP contribution is 2.27. The third kappa shape index (κ3) is 2.66. The van der Waals surface area contributed by atoms with E-state index < -0.39 is 0 Å². The summed E-state index contributed by atoms with van der Waals surface area (Å²) in [6.07, 6.45) is 0.909. The number of hydrogen-bond acceptors (Lipinski definition) is 4. The predicted octanol–water partition coefficient (Wildman–Crippen LogP) is 1.71. The Kier molecular flexibility index (Phi) is 3.89. The van der Waals surface area contributed by atoms with E-state index in [1.807, 2.05) is 6.07 Å². The summed E-state index contributed by atoms with van der Waals surface area (Å²) in [5.74, 6) is 2.75. The fourth-order valence-corrected chi connectivity index (χ4v) is 2.03. The molecule has 1 amide bonds. The molecule has 1 saturated heterocycles. The van der Waals surface area contributed by atoms with Gasteiger partial charge < -0.3 is 14.3 Å². The van der Waals surface area contributed by atoms with Crippen LogP contribution in [0.4, 0.5) is 5.82 Å². The molecule has 1 fully saturated rings. The van der Waals surface area contributed by atoms with Crippen LogP contribution in [0, 0.1) is 5.92 Å². The number of anilines is 1. The van der Waals surface area contributed by atoms with E-state index in [2.05, 4.69) is 30.8 Å². The summed E-state index contributed by atoms with van der Waals surface area (Å²) in [4.78, 5) is 14.6. The molecule has 1 aliphatic rings. The van der Waals surface area contributed by atoms with Gasteiger partial charge in [0.1, 0.15) is 5.76 Å². The first kappa shape index (κ1) is 12.9. The van der Waals surface area contributed by atoms with Crippen LogP contribution in [-0.4, -0.2) is 42.6 Å². The SMILES string of the molecule is CC(C)C(C)c1cc(N2CCN(C=O)CC2)no1. The molecule has 1 aromatic rings. The van der Waals surface area contributed by atoms with Crippen molar-refractivity contribution in [2.75, 3.05) is 31.1 Å². The minimum Gasteiger partial charge on any atom is -0.359 e. The first-order chi connectivity index (χ1) is 8.61. The van der Waals surface area contributed by atoms with E-state index in [4.69, 9.17) is 4.52 Å². The Hall–Kier alpha value is -1.52. The maximum Gasteiger partial charge on any atom is 0.209 e. The maximum atomic E-state index is 10.6. The van der Waals surface area contributed by atoms with Crippen molar-refractivity contribution in [1.82, 2.24) is 10.1 Å². The van der Waals surface area contributed by atoms with Gasteiger partial charge in [-0.05, 0) is 5.92 Å². The summed E-state index contributed by atoms with van der Waals surface area (Å²) in [7, 11) is 0. The average Bonchev–Trinajstić information content (AvgIpc) is 2.87. The molecule has 0 aliphatic carbocycles. The smallest absolute Gasteiger partial charge is 0.209 e. The number of amides is 1. The molecular formula is C13H21N3O2. The minimum atomic E-state index is 0.377. The Morgan fingerprint density at radius 1 is 1.28 bits per heavy atom. The average molecular weight is 251 g/mol. The van der Waals surface area contributed by atoms with Crippen LogP contribution in [0.3, 0.4) is 0 Å². The van der Waals surface area contributed by atoms with Gasteiger partial charge in [-0.2, -0.15) is 0 Å². The monoisotopic (exact) mass is 251 g/mol. The van der Waals surface area contributed by atoms with E-state index in [-0.39, 0.29) is 0 Å². The van der Waals surface area contributed by atoms with Gasteiger partial charge in [0.2, 0.25) is 6.41 Å². The molecular weight excluding hydrogens is 230 g/mol. The number of carbonyl (C=O) groups is 1. The summed E-state index contributed by atoms with van der Waals surface area (Å²) in [6.45, 7) is 9.66. The molecule has 1 unspecified atom stereocenters. The molecule has 1 aliphatic heterocycles. The van der Waals surface area contributed by atoms with Crippen LogP contribution in [0.15, 0.2) is 10.6 Å². The van der Waals surface area contributed by atoms with E-state index in [1.54, 1.807) is 4.90 Å². The third-order valence-corrected chi connectivity index (χ3v) is 3.75. The zero-order chi connectivity index (χ0) is 13.1. The molecule has 0 bridgehead atoms. The molecule has 5 heteroatoms. The van der Waals surface area contributed by atoms with Gasteiger partial charge in [-0.3, -0.25) is 4.79 Å². The normalized spacial score (nSPS) is 18.2. The molecule has 100 valence electrons. The molecule has 0 saturated carbocycles. The van der Waals surface area contributed by atoms with Gasteiger partial charge in [-0.1, -0.05) is 25.9 Å². The second-order valence-corrected chi connectivity index (χ2v) is 5.25. The molecule has 5 nitrogen and oxygen atoms in total. The Bertz CT molecular complexity index is 395. The number of piperazine rings is 1. The number of aromatic nitrogens is 1. The summed E-state index contributed by atoms with van der Waals surface area (Å²) in [5, 5.41) is 4.14. The molecule has 18 heavy (non-hydrogen) atoms. The van der Waals surface area contributed by atoms with Crippen LogP contribution in [0.2, 0.25) is 0 Å². The van der Waals surface area contributed by atoms with Crippen LogP contribution < -0.4 is 4.90 Å². The Morgan fingerprint density at radius 3 is 2.50 bits per heavy atom. The molecule has 1 aromatic heterocycles. The van der Waals surface area contributed by atoms with E-state index in [1.165, 1.54) is 0 Å². The number of hydrogen-bond donors (Lipinski definition) is 0. The van der Waals surface area contributed by atoms with Crippen LogP contribution in [0.1, 0.15) is 32.4 Å². The van der Waals surface area contributed by atoms with Crippen LogP contribution in [0.25, 0.3) is 0 Å². The zero-order valence-corrected chi connectivity index (χ0v) is 11.3. The van der Waals surface area contributed by atoms with Crippen molar-refractivity contribution in [3.63, 3.8) is 0 Å². The number of carbonyl (C=O) groups excluding carboxylic acids is 1. The Labute approximate surface area is 108 Å². The standard InChI is InChI=1S/C13H21N3O2/c1-10(2)11(3)12-8-13(14-18-12)16-6-4-15(9-17)5-7-16/h8-11H,4-7H2,1-3H3. The zero-order valence-electron chi connectivity index (χ0n) is 11.3. The first-order valence-corrected chi connectivity index (χ1v) is 6.52. The van der Waals surface area contributed by atoms with E-state index in [0.717, 1.165) is 44.2 Å². The van der Waals surface area contributed by atoms with Gasteiger partial charge in [0.15, 0.2) is 5.82 Å². The van der Waals surface area contributed by atoms with Crippen molar-refractivity contribution >= 4 is 12.2 Å². The van der Waals surface area contributed by atoms with Crippen LogP contribution in [0.5, 0.6) is 0 Å². The highest BCUT2D eigenvalue weighted by atomic mass is 16.5. The van der Waals surface area contributed by atoms with Gasteiger partial charge in [-0.15, -0.1) is 0 Å². The van der Waals surface area contributed by atoms with E-state index in [9.17, 15) is 4.79 Å². The summed E-state index contributed by atoms with van der Waals surface area (Å²) >= 11 is 0. The summed E-state index contributed by atoms with van der Waals surface area (Å²) in [5.41, 5.74) is 0. The lowest BCUT2D eigenvalue weighted by Crippen LogP contribution is -2.45. The van der Waals surface area contributed by atoms with Crippen LogP contribution >= 0.6 is 0 Å². The van der Waals surface area contributed by atoms with E-state index >= 15 is 0 Å². The van der Waals surface area contributed by atoms with Crippen molar-refractivity contribution in [1.29, 1.82) is 0 Å². The fourth-order valence-electron chi connectivity index (χ4n) is 2.03. The minimum absolute atomic E-state index is 0.377. The first-order valence-electron chi connectivity index (χ1n) is 6.52. The fraction of sp³-hybridized carbons (Fsp3) is 0.692. The van der Waals surface area contributed by atoms with Crippen LogP contribution in [-0.2, 0) is 4.79 Å². The van der Waals surface area contributed by atoms with Gasteiger partial charge in [0, 0.05) is 38.2 Å². The van der Waals surface area contributed by atoms with Gasteiger partial charge >= 0.3 is 0 Å². The molecule has 0 spiro atoms. The quantitative estimate of drug-likeness (QED) is 0.764.